The minimum Gasteiger partial charge on any atom is -0.351 e. The van der Waals surface area contributed by atoms with Gasteiger partial charge in [0.1, 0.15) is 0 Å². The van der Waals surface area contributed by atoms with Crippen molar-refractivity contribution in [1.29, 1.82) is 0 Å². The van der Waals surface area contributed by atoms with Gasteiger partial charge in [0.15, 0.2) is 0 Å². The predicted octanol–water partition coefficient (Wildman–Crippen LogP) is -0.00330. The highest BCUT2D eigenvalue weighted by Crippen LogP contribution is 2.08. The largest absolute Gasteiger partial charge is 0.351 e. The van der Waals surface area contributed by atoms with Crippen molar-refractivity contribution in [2.75, 3.05) is 19.6 Å². The highest BCUT2D eigenvalue weighted by molar-refractivity contribution is 5.82. The molecule has 2 fully saturated rings. The smallest absolute Gasteiger partial charge is 0.237 e. The highest BCUT2D eigenvalue weighted by Gasteiger charge is 2.23. The number of carbonyl (C=O) groups is 1. The first kappa shape index (κ1) is 10.9. The van der Waals surface area contributed by atoms with Crippen molar-refractivity contribution >= 4 is 5.91 Å². The summed E-state index contributed by atoms with van der Waals surface area (Å²) in [6.45, 7) is 3.01. The van der Waals surface area contributed by atoms with E-state index in [1.165, 1.54) is 19.3 Å². The second kappa shape index (κ2) is 5.47. The van der Waals surface area contributed by atoms with E-state index in [2.05, 4.69) is 16.0 Å². The lowest BCUT2D eigenvalue weighted by atomic mass is 10.0. The summed E-state index contributed by atoms with van der Waals surface area (Å²) in [6, 6.07) is 0.399. The second-order valence-corrected chi connectivity index (χ2v) is 4.55. The summed E-state index contributed by atoms with van der Waals surface area (Å²) in [5, 5.41) is 9.71. The van der Waals surface area contributed by atoms with Crippen LogP contribution in [0.1, 0.15) is 32.1 Å². The first-order valence-electron chi connectivity index (χ1n) is 6.11. The van der Waals surface area contributed by atoms with Crippen molar-refractivity contribution < 1.29 is 4.79 Å². The van der Waals surface area contributed by atoms with Gasteiger partial charge in [-0.15, -0.1) is 0 Å². The van der Waals surface area contributed by atoms with Crippen LogP contribution < -0.4 is 16.0 Å². The molecular weight excluding hydrogens is 190 g/mol. The van der Waals surface area contributed by atoms with E-state index in [4.69, 9.17) is 0 Å². The molecule has 1 amide bonds. The normalized spacial score (nSPS) is 32.3. The molecule has 3 N–H and O–H groups in total. The molecule has 2 aliphatic rings. The molecule has 2 rings (SSSR count). The van der Waals surface area contributed by atoms with Gasteiger partial charge >= 0.3 is 0 Å². The van der Waals surface area contributed by atoms with Crippen LogP contribution in [0, 0.1) is 0 Å². The van der Waals surface area contributed by atoms with Crippen molar-refractivity contribution in [3.05, 3.63) is 0 Å². The molecule has 2 saturated heterocycles. The standard InChI is InChI=1S/C11H21N3O/c15-11(10-5-1-2-7-13-10)14-9-4-3-6-12-8-9/h9-10,12-13H,1-8H2,(H,14,15)/t9-,10?/m1/s1. The zero-order valence-corrected chi connectivity index (χ0v) is 9.22. The van der Waals surface area contributed by atoms with Gasteiger partial charge < -0.3 is 16.0 Å². The van der Waals surface area contributed by atoms with Crippen LogP contribution in [0.2, 0.25) is 0 Å². The third kappa shape index (κ3) is 3.18. The average molecular weight is 211 g/mol. The SMILES string of the molecule is O=C(N[C@@H]1CCCNC1)C1CCCCN1. The van der Waals surface area contributed by atoms with Crippen LogP contribution in [-0.2, 0) is 4.79 Å². The summed E-state index contributed by atoms with van der Waals surface area (Å²) >= 11 is 0. The maximum absolute atomic E-state index is 11.9. The van der Waals surface area contributed by atoms with Gasteiger partial charge in [-0.1, -0.05) is 6.42 Å². The molecule has 0 aromatic carbocycles. The Labute approximate surface area is 91.2 Å². The molecule has 4 nitrogen and oxygen atoms in total. The third-order valence-corrected chi connectivity index (χ3v) is 3.27. The van der Waals surface area contributed by atoms with Crippen LogP contribution in [-0.4, -0.2) is 37.6 Å². The summed E-state index contributed by atoms with van der Waals surface area (Å²) in [5.74, 6) is 0.198. The number of rotatable bonds is 2. The van der Waals surface area contributed by atoms with Crippen molar-refractivity contribution in [3.8, 4) is 0 Å². The predicted molar refractivity (Wildman–Crippen MR) is 59.7 cm³/mol. The van der Waals surface area contributed by atoms with E-state index >= 15 is 0 Å². The van der Waals surface area contributed by atoms with Crippen LogP contribution in [0.15, 0.2) is 0 Å². The topological polar surface area (TPSA) is 53.2 Å². The summed E-state index contributed by atoms with van der Waals surface area (Å²) in [6.07, 6.45) is 5.66. The van der Waals surface area contributed by atoms with E-state index in [-0.39, 0.29) is 11.9 Å². The van der Waals surface area contributed by atoms with Gasteiger partial charge in [0, 0.05) is 12.6 Å². The second-order valence-electron chi connectivity index (χ2n) is 4.55. The molecule has 2 aliphatic heterocycles. The molecule has 2 atom stereocenters. The number of nitrogens with one attached hydrogen (secondary N) is 3. The van der Waals surface area contributed by atoms with Gasteiger partial charge in [-0.05, 0) is 38.8 Å². The molecule has 0 aromatic rings. The number of piperidine rings is 2. The van der Waals surface area contributed by atoms with Crippen LogP contribution in [0.4, 0.5) is 0 Å². The number of hydrogen-bond donors (Lipinski definition) is 3. The number of hydrogen-bond acceptors (Lipinski definition) is 3. The monoisotopic (exact) mass is 211 g/mol. The fourth-order valence-electron chi connectivity index (χ4n) is 2.35. The number of carbonyl (C=O) groups excluding carboxylic acids is 1. The van der Waals surface area contributed by atoms with E-state index < -0.39 is 0 Å². The molecule has 4 heteroatoms. The van der Waals surface area contributed by atoms with Gasteiger partial charge in [-0.2, -0.15) is 0 Å². The molecule has 0 spiro atoms. The summed E-state index contributed by atoms with van der Waals surface area (Å²) in [4.78, 5) is 11.9. The Bertz CT molecular complexity index is 208. The van der Waals surface area contributed by atoms with Crippen molar-refractivity contribution in [1.82, 2.24) is 16.0 Å². The Kier molecular flexibility index (Phi) is 3.97. The first-order chi connectivity index (χ1) is 7.36. The molecule has 86 valence electrons. The molecule has 0 radical (unpaired) electrons. The highest BCUT2D eigenvalue weighted by atomic mass is 16.2. The van der Waals surface area contributed by atoms with Crippen molar-refractivity contribution in [2.45, 2.75) is 44.2 Å². The third-order valence-electron chi connectivity index (χ3n) is 3.27. The van der Waals surface area contributed by atoms with Gasteiger partial charge in [-0.25, -0.2) is 0 Å². The molecule has 0 aliphatic carbocycles. The Morgan fingerprint density at radius 2 is 2.07 bits per heavy atom. The Hall–Kier alpha value is -0.610. The molecule has 0 saturated carbocycles. The van der Waals surface area contributed by atoms with E-state index in [0.717, 1.165) is 32.5 Å². The molecule has 0 aromatic heterocycles. The minimum absolute atomic E-state index is 0.0562. The van der Waals surface area contributed by atoms with E-state index in [1.54, 1.807) is 0 Å². The maximum Gasteiger partial charge on any atom is 0.237 e. The Balaban J connectivity index is 1.74. The van der Waals surface area contributed by atoms with Crippen molar-refractivity contribution in [2.24, 2.45) is 0 Å². The summed E-state index contributed by atoms with van der Waals surface area (Å²) in [5.41, 5.74) is 0. The molecule has 2 heterocycles. The molecule has 1 unspecified atom stereocenters. The van der Waals surface area contributed by atoms with E-state index in [1.807, 2.05) is 0 Å². The van der Waals surface area contributed by atoms with Crippen LogP contribution in [0.25, 0.3) is 0 Å². The average Bonchev–Trinajstić information content (AvgIpc) is 2.31. The zero-order chi connectivity index (χ0) is 10.5. The van der Waals surface area contributed by atoms with Crippen LogP contribution in [0.5, 0.6) is 0 Å². The van der Waals surface area contributed by atoms with Crippen LogP contribution in [0.3, 0.4) is 0 Å². The lowest BCUT2D eigenvalue weighted by molar-refractivity contribution is -0.124. The zero-order valence-electron chi connectivity index (χ0n) is 9.22. The van der Waals surface area contributed by atoms with Gasteiger partial charge in [-0.3, -0.25) is 4.79 Å². The molecular formula is C11H21N3O. The van der Waals surface area contributed by atoms with Crippen LogP contribution >= 0.6 is 0 Å². The lowest BCUT2D eigenvalue weighted by Crippen LogP contribution is -2.53. The fraction of sp³-hybridized carbons (Fsp3) is 0.909. The van der Waals surface area contributed by atoms with Crippen molar-refractivity contribution in [3.63, 3.8) is 0 Å². The van der Waals surface area contributed by atoms with Gasteiger partial charge in [0.2, 0.25) is 5.91 Å². The molecule has 0 bridgehead atoms. The first-order valence-corrected chi connectivity index (χ1v) is 6.11. The quantitative estimate of drug-likeness (QED) is 0.602. The Morgan fingerprint density at radius 3 is 2.73 bits per heavy atom. The fourth-order valence-corrected chi connectivity index (χ4v) is 2.35. The van der Waals surface area contributed by atoms with Gasteiger partial charge in [0.25, 0.3) is 0 Å². The lowest BCUT2D eigenvalue weighted by Gasteiger charge is -2.28. The maximum atomic E-state index is 11.9. The summed E-state index contributed by atoms with van der Waals surface area (Å²) in [7, 11) is 0. The van der Waals surface area contributed by atoms with Gasteiger partial charge in [0.05, 0.1) is 6.04 Å². The Morgan fingerprint density at radius 1 is 1.13 bits per heavy atom. The number of amides is 1. The minimum atomic E-state index is 0.0562. The summed E-state index contributed by atoms with van der Waals surface area (Å²) < 4.78 is 0. The van der Waals surface area contributed by atoms with E-state index in [0.29, 0.717) is 6.04 Å². The molecule has 15 heavy (non-hydrogen) atoms. The van der Waals surface area contributed by atoms with E-state index in [9.17, 15) is 4.79 Å².